The van der Waals surface area contributed by atoms with Crippen molar-refractivity contribution in [3.8, 4) is 22.6 Å². The number of halogens is 1. The number of carboxylic acid groups (broad SMARTS) is 1. The number of hydrogen-bond donors (Lipinski definition) is 1. The molecule has 0 amide bonds. The number of benzene rings is 3. The SMILES string of the molecule is CCC[C@@H](CC(=O)O)c1cccc(OCc2ccc(-c3cc(OC)ccc3F)c(C=CC(C)(C)C)c2)c1. The molecule has 5 heteroatoms. The first kappa shape index (κ1) is 28.0. The molecule has 1 N–H and O–H groups in total. The summed E-state index contributed by atoms with van der Waals surface area (Å²) in [5, 5.41) is 9.30. The zero-order valence-electron chi connectivity index (χ0n) is 22.4. The standard InChI is InChI=1S/C32H37FO4/c1-6-8-23(19-31(34)35)24-9-7-10-27(18-24)37-21-22-11-13-28(25(17-22)15-16-32(2,3)4)29-20-26(36-5)12-14-30(29)33/h7,9-18,20,23H,6,8,19,21H2,1-5H3,(H,34,35)/t23-/m0/s1. The average Bonchev–Trinajstić information content (AvgIpc) is 2.86. The van der Waals surface area contributed by atoms with Crippen molar-refractivity contribution < 1.29 is 23.8 Å². The van der Waals surface area contributed by atoms with E-state index >= 15 is 0 Å². The molecule has 0 saturated heterocycles. The van der Waals surface area contributed by atoms with E-state index in [4.69, 9.17) is 9.47 Å². The number of hydrogen-bond acceptors (Lipinski definition) is 3. The number of allylic oxidation sites excluding steroid dienone is 1. The van der Waals surface area contributed by atoms with Gasteiger partial charge in [0.25, 0.3) is 0 Å². The lowest BCUT2D eigenvalue weighted by atomic mass is 9.91. The Balaban J connectivity index is 1.89. The van der Waals surface area contributed by atoms with Crippen molar-refractivity contribution >= 4 is 12.0 Å². The van der Waals surface area contributed by atoms with Crippen LogP contribution in [0.15, 0.2) is 66.7 Å². The molecule has 0 aliphatic rings. The molecule has 3 aromatic carbocycles. The Labute approximate surface area is 219 Å². The molecule has 3 rings (SSSR count). The minimum Gasteiger partial charge on any atom is -0.497 e. The highest BCUT2D eigenvalue weighted by Crippen LogP contribution is 2.33. The first-order valence-electron chi connectivity index (χ1n) is 12.7. The predicted molar refractivity (Wildman–Crippen MR) is 148 cm³/mol. The van der Waals surface area contributed by atoms with Gasteiger partial charge in [-0.3, -0.25) is 4.79 Å². The van der Waals surface area contributed by atoms with Crippen molar-refractivity contribution in [3.63, 3.8) is 0 Å². The van der Waals surface area contributed by atoms with Crippen LogP contribution in [0.2, 0.25) is 0 Å². The molecule has 3 aromatic rings. The third-order valence-corrected chi connectivity index (χ3v) is 6.14. The zero-order chi connectivity index (χ0) is 27.0. The fourth-order valence-corrected chi connectivity index (χ4v) is 4.23. The minimum absolute atomic E-state index is 0.0396. The number of rotatable bonds is 11. The van der Waals surface area contributed by atoms with Crippen LogP contribution in [0.25, 0.3) is 17.2 Å². The molecule has 0 unspecified atom stereocenters. The highest BCUT2D eigenvalue weighted by atomic mass is 19.1. The summed E-state index contributed by atoms with van der Waals surface area (Å²) in [5.41, 5.74) is 4.02. The second kappa shape index (κ2) is 12.6. The molecule has 0 spiro atoms. The Morgan fingerprint density at radius 1 is 1.03 bits per heavy atom. The van der Waals surface area contributed by atoms with Crippen LogP contribution in [-0.2, 0) is 11.4 Å². The van der Waals surface area contributed by atoms with Gasteiger partial charge in [0.15, 0.2) is 0 Å². The van der Waals surface area contributed by atoms with Gasteiger partial charge in [-0.15, -0.1) is 0 Å². The van der Waals surface area contributed by atoms with Crippen LogP contribution in [0.1, 0.15) is 69.6 Å². The Morgan fingerprint density at radius 3 is 2.49 bits per heavy atom. The van der Waals surface area contributed by atoms with Crippen LogP contribution in [0.4, 0.5) is 4.39 Å². The minimum atomic E-state index is -0.798. The van der Waals surface area contributed by atoms with Gasteiger partial charge in [-0.25, -0.2) is 4.39 Å². The van der Waals surface area contributed by atoms with E-state index in [-0.39, 0.29) is 23.6 Å². The van der Waals surface area contributed by atoms with Gasteiger partial charge in [0.2, 0.25) is 0 Å². The molecule has 0 radical (unpaired) electrons. The Kier molecular flexibility index (Phi) is 9.51. The smallest absolute Gasteiger partial charge is 0.303 e. The lowest BCUT2D eigenvalue weighted by Gasteiger charge is -2.17. The lowest BCUT2D eigenvalue weighted by molar-refractivity contribution is -0.137. The largest absolute Gasteiger partial charge is 0.497 e. The number of carboxylic acids is 1. The van der Waals surface area contributed by atoms with E-state index in [9.17, 15) is 14.3 Å². The van der Waals surface area contributed by atoms with Crippen molar-refractivity contribution in [1.29, 1.82) is 0 Å². The van der Waals surface area contributed by atoms with Gasteiger partial charge < -0.3 is 14.6 Å². The Bertz CT molecular complexity index is 1240. The van der Waals surface area contributed by atoms with Gasteiger partial charge in [-0.1, -0.05) is 70.5 Å². The number of ether oxygens (including phenoxy) is 2. The maximum Gasteiger partial charge on any atom is 0.303 e. The van der Waals surface area contributed by atoms with Crippen LogP contribution in [0, 0.1) is 11.2 Å². The highest BCUT2D eigenvalue weighted by Gasteiger charge is 2.16. The summed E-state index contributed by atoms with van der Waals surface area (Å²) < 4.78 is 26.2. The van der Waals surface area contributed by atoms with Crippen LogP contribution < -0.4 is 9.47 Å². The molecular formula is C32H37FO4. The number of carbonyl (C=O) groups is 1. The second-order valence-corrected chi connectivity index (χ2v) is 10.4. The molecule has 4 nitrogen and oxygen atoms in total. The average molecular weight is 505 g/mol. The zero-order valence-corrected chi connectivity index (χ0v) is 22.4. The quantitative estimate of drug-likeness (QED) is 0.284. The van der Waals surface area contributed by atoms with Gasteiger partial charge in [-0.05, 0) is 76.4 Å². The normalized spacial score (nSPS) is 12.5. The maximum absolute atomic E-state index is 14.8. The molecule has 0 heterocycles. The van der Waals surface area contributed by atoms with Crippen LogP contribution in [0.3, 0.4) is 0 Å². The predicted octanol–water partition coefficient (Wildman–Crippen LogP) is 8.50. The molecule has 0 fully saturated rings. The summed E-state index contributed by atoms with van der Waals surface area (Å²) in [6.45, 7) is 8.74. The summed E-state index contributed by atoms with van der Waals surface area (Å²) in [6, 6.07) is 18.3. The molecule has 37 heavy (non-hydrogen) atoms. The van der Waals surface area contributed by atoms with Crippen molar-refractivity contribution in [2.75, 3.05) is 7.11 Å². The van der Waals surface area contributed by atoms with E-state index in [1.54, 1.807) is 19.2 Å². The van der Waals surface area contributed by atoms with Gasteiger partial charge in [0.1, 0.15) is 23.9 Å². The first-order chi connectivity index (χ1) is 17.6. The van der Waals surface area contributed by atoms with Gasteiger partial charge in [0, 0.05) is 5.56 Å². The summed E-state index contributed by atoms with van der Waals surface area (Å²) in [6.07, 6.45) is 5.95. The molecule has 0 aromatic heterocycles. The van der Waals surface area contributed by atoms with Crippen LogP contribution in [0.5, 0.6) is 11.5 Å². The highest BCUT2D eigenvalue weighted by molar-refractivity contribution is 5.77. The summed E-state index contributed by atoms with van der Waals surface area (Å²) in [7, 11) is 1.57. The summed E-state index contributed by atoms with van der Waals surface area (Å²) in [4.78, 5) is 11.3. The van der Waals surface area contributed by atoms with Gasteiger partial charge >= 0.3 is 5.97 Å². The fraction of sp³-hybridized carbons (Fsp3) is 0.344. The van der Waals surface area contributed by atoms with E-state index in [1.807, 2.05) is 48.5 Å². The molecule has 0 saturated carbocycles. The van der Waals surface area contributed by atoms with E-state index < -0.39 is 5.97 Å². The molecule has 0 aliphatic carbocycles. The number of aliphatic carboxylic acids is 1. The lowest BCUT2D eigenvalue weighted by Crippen LogP contribution is -2.06. The van der Waals surface area contributed by atoms with E-state index in [1.165, 1.54) is 6.07 Å². The monoisotopic (exact) mass is 504 g/mol. The van der Waals surface area contributed by atoms with E-state index in [2.05, 4.69) is 33.8 Å². The van der Waals surface area contributed by atoms with E-state index in [0.717, 1.165) is 35.1 Å². The molecule has 196 valence electrons. The van der Waals surface area contributed by atoms with E-state index in [0.29, 0.717) is 23.7 Å². The third-order valence-electron chi connectivity index (χ3n) is 6.14. The summed E-state index contributed by atoms with van der Waals surface area (Å²) in [5.74, 6) is 0.137. The van der Waals surface area contributed by atoms with Crippen molar-refractivity contribution in [3.05, 3.63) is 89.2 Å². The first-order valence-corrected chi connectivity index (χ1v) is 12.7. The number of methoxy groups -OCH3 is 1. The fourth-order valence-electron chi connectivity index (χ4n) is 4.23. The third kappa shape index (κ3) is 8.21. The van der Waals surface area contributed by atoms with Gasteiger partial charge in [-0.2, -0.15) is 0 Å². The van der Waals surface area contributed by atoms with Crippen LogP contribution >= 0.6 is 0 Å². The van der Waals surface area contributed by atoms with Crippen molar-refractivity contribution in [1.82, 2.24) is 0 Å². The van der Waals surface area contributed by atoms with Gasteiger partial charge in [0.05, 0.1) is 13.5 Å². The molecule has 1 atom stereocenters. The molecular weight excluding hydrogens is 467 g/mol. The maximum atomic E-state index is 14.8. The Hall–Kier alpha value is -3.60. The molecule has 0 bridgehead atoms. The van der Waals surface area contributed by atoms with Crippen molar-refractivity contribution in [2.45, 2.75) is 59.5 Å². The molecule has 0 aliphatic heterocycles. The second-order valence-electron chi connectivity index (χ2n) is 10.4. The summed E-state index contributed by atoms with van der Waals surface area (Å²) >= 11 is 0. The van der Waals surface area contributed by atoms with Crippen LogP contribution in [-0.4, -0.2) is 18.2 Å². The van der Waals surface area contributed by atoms with Crippen molar-refractivity contribution in [2.24, 2.45) is 5.41 Å². The topological polar surface area (TPSA) is 55.8 Å². The Morgan fingerprint density at radius 2 is 1.81 bits per heavy atom.